The molecule has 1 aliphatic heterocycles. The highest BCUT2D eigenvalue weighted by Gasteiger charge is 2.20. The van der Waals surface area contributed by atoms with E-state index < -0.39 is 0 Å². The van der Waals surface area contributed by atoms with E-state index in [1.54, 1.807) is 6.20 Å². The van der Waals surface area contributed by atoms with Gasteiger partial charge in [0.1, 0.15) is 5.82 Å². The van der Waals surface area contributed by atoms with Crippen LogP contribution in [-0.2, 0) is 6.54 Å². The molecule has 3 rings (SSSR count). The predicted molar refractivity (Wildman–Crippen MR) is 96.3 cm³/mol. The van der Waals surface area contributed by atoms with Crippen LogP contribution in [0, 0.1) is 6.92 Å². The number of likely N-dealkylation sites (N-methyl/N-ethyl adjacent to an activating group) is 1. The van der Waals surface area contributed by atoms with Crippen molar-refractivity contribution in [1.29, 1.82) is 0 Å². The smallest absolute Gasteiger partial charge is 0.255 e. The van der Waals surface area contributed by atoms with Gasteiger partial charge in [0, 0.05) is 38.9 Å². The summed E-state index contributed by atoms with van der Waals surface area (Å²) in [5.74, 6) is 0.713. The number of carbonyl (C=O) groups excluding carboxylic acids is 1. The van der Waals surface area contributed by atoms with Gasteiger partial charge in [0.25, 0.3) is 5.91 Å². The van der Waals surface area contributed by atoms with Gasteiger partial charge in [-0.3, -0.25) is 4.79 Å². The summed E-state index contributed by atoms with van der Waals surface area (Å²) in [4.78, 5) is 21.6. The lowest BCUT2D eigenvalue weighted by Gasteiger charge is -2.34. The highest BCUT2D eigenvalue weighted by Crippen LogP contribution is 2.18. The lowest BCUT2D eigenvalue weighted by atomic mass is 10.1. The maximum absolute atomic E-state index is 12.6. The molecule has 1 amide bonds. The Morgan fingerprint density at radius 3 is 2.54 bits per heavy atom. The van der Waals surface area contributed by atoms with Crippen LogP contribution in [0.3, 0.4) is 0 Å². The molecule has 1 aromatic heterocycles. The largest absolute Gasteiger partial charge is 0.353 e. The summed E-state index contributed by atoms with van der Waals surface area (Å²) in [6.07, 6.45) is 1.75. The van der Waals surface area contributed by atoms with Crippen molar-refractivity contribution < 1.29 is 4.79 Å². The van der Waals surface area contributed by atoms with Gasteiger partial charge in [0.05, 0.1) is 5.56 Å². The van der Waals surface area contributed by atoms with Crippen LogP contribution in [-0.4, -0.2) is 49.0 Å². The summed E-state index contributed by atoms with van der Waals surface area (Å²) < 4.78 is 0. The van der Waals surface area contributed by atoms with Crippen LogP contribution in [0.4, 0.5) is 5.82 Å². The third-order valence-corrected chi connectivity index (χ3v) is 4.41. The van der Waals surface area contributed by atoms with Crippen LogP contribution in [0.5, 0.6) is 0 Å². The molecular formula is C19H24N4O. The van der Waals surface area contributed by atoms with Crippen molar-refractivity contribution in [3.63, 3.8) is 0 Å². The summed E-state index contributed by atoms with van der Waals surface area (Å²) in [6, 6.07) is 11.9. The molecule has 0 bridgehead atoms. The molecule has 5 heteroatoms. The number of aromatic nitrogens is 1. The molecule has 0 unspecified atom stereocenters. The van der Waals surface area contributed by atoms with Gasteiger partial charge in [-0.05, 0) is 31.7 Å². The summed E-state index contributed by atoms with van der Waals surface area (Å²) >= 11 is 0. The second-order valence-electron chi connectivity index (χ2n) is 6.33. The Morgan fingerprint density at radius 2 is 1.83 bits per heavy atom. The average Bonchev–Trinajstić information content (AvgIpc) is 2.62. The Kier molecular flexibility index (Phi) is 5.11. The Balaban J connectivity index is 1.69. The van der Waals surface area contributed by atoms with Crippen LogP contribution in [0.1, 0.15) is 21.5 Å². The number of benzene rings is 1. The number of hydrogen-bond donors (Lipinski definition) is 1. The van der Waals surface area contributed by atoms with E-state index in [2.05, 4.69) is 46.2 Å². The molecule has 0 radical (unpaired) electrons. The molecule has 1 aromatic carbocycles. The van der Waals surface area contributed by atoms with Gasteiger partial charge in [-0.15, -0.1) is 0 Å². The first kappa shape index (κ1) is 16.5. The number of amides is 1. The van der Waals surface area contributed by atoms with E-state index in [0.717, 1.165) is 37.6 Å². The fourth-order valence-electron chi connectivity index (χ4n) is 2.83. The van der Waals surface area contributed by atoms with Crippen molar-refractivity contribution in [1.82, 2.24) is 15.2 Å². The second kappa shape index (κ2) is 7.45. The fourth-order valence-corrected chi connectivity index (χ4v) is 2.83. The molecule has 2 heterocycles. The number of anilines is 1. The van der Waals surface area contributed by atoms with Gasteiger partial charge in [-0.1, -0.05) is 29.8 Å². The summed E-state index contributed by atoms with van der Waals surface area (Å²) in [6.45, 7) is 6.34. The van der Waals surface area contributed by atoms with Gasteiger partial charge in [0.2, 0.25) is 0 Å². The predicted octanol–water partition coefficient (Wildman–Crippen LogP) is 2.07. The third-order valence-electron chi connectivity index (χ3n) is 4.41. The molecule has 2 aromatic rings. The highest BCUT2D eigenvalue weighted by atomic mass is 16.1. The fraction of sp³-hybridized carbons (Fsp3) is 0.368. The zero-order valence-corrected chi connectivity index (χ0v) is 14.3. The normalized spacial score (nSPS) is 15.3. The number of pyridine rings is 1. The van der Waals surface area contributed by atoms with Crippen molar-refractivity contribution in [3.05, 3.63) is 59.3 Å². The standard InChI is InChI=1S/C19H24N4O/c1-15-5-7-16(8-6-15)14-21-19(24)17-4-3-9-20-18(17)23-12-10-22(2)11-13-23/h3-9H,10-14H2,1-2H3,(H,21,24). The van der Waals surface area contributed by atoms with Crippen molar-refractivity contribution in [2.24, 2.45) is 0 Å². The SMILES string of the molecule is Cc1ccc(CNC(=O)c2cccnc2N2CCN(C)CC2)cc1. The lowest BCUT2D eigenvalue weighted by Crippen LogP contribution is -2.45. The molecule has 1 fully saturated rings. The quantitative estimate of drug-likeness (QED) is 0.935. The van der Waals surface area contributed by atoms with Gasteiger partial charge in [-0.2, -0.15) is 0 Å². The maximum Gasteiger partial charge on any atom is 0.255 e. The van der Waals surface area contributed by atoms with Gasteiger partial charge < -0.3 is 15.1 Å². The van der Waals surface area contributed by atoms with Crippen LogP contribution in [0.25, 0.3) is 0 Å². The van der Waals surface area contributed by atoms with Crippen molar-refractivity contribution in [2.45, 2.75) is 13.5 Å². The Bertz CT molecular complexity index is 691. The van der Waals surface area contributed by atoms with Crippen LogP contribution < -0.4 is 10.2 Å². The van der Waals surface area contributed by atoms with E-state index in [1.807, 2.05) is 24.3 Å². The van der Waals surface area contributed by atoms with Gasteiger partial charge in [-0.25, -0.2) is 4.98 Å². The highest BCUT2D eigenvalue weighted by molar-refractivity contribution is 5.98. The minimum absolute atomic E-state index is 0.0717. The first-order valence-electron chi connectivity index (χ1n) is 8.36. The van der Waals surface area contributed by atoms with Crippen molar-refractivity contribution >= 4 is 11.7 Å². The zero-order chi connectivity index (χ0) is 16.9. The molecule has 126 valence electrons. The van der Waals surface area contributed by atoms with Crippen LogP contribution >= 0.6 is 0 Å². The first-order chi connectivity index (χ1) is 11.6. The summed E-state index contributed by atoms with van der Waals surface area (Å²) in [5, 5.41) is 3.01. The minimum atomic E-state index is -0.0717. The maximum atomic E-state index is 12.6. The Morgan fingerprint density at radius 1 is 1.12 bits per heavy atom. The summed E-state index contributed by atoms with van der Waals surface area (Å²) in [5.41, 5.74) is 2.96. The van der Waals surface area contributed by atoms with Gasteiger partial charge >= 0.3 is 0 Å². The number of carbonyl (C=O) groups is 1. The number of hydrogen-bond acceptors (Lipinski definition) is 4. The van der Waals surface area contributed by atoms with E-state index in [9.17, 15) is 4.79 Å². The molecule has 1 saturated heterocycles. The number of aryl methyl sites for hydroxylation is 1. The number of nitrogens with zero attached hydrogens (tertiary/aromatic N) is 3. The molecule has 0 saturated carbocycles. The van der Waals surface area contributed by atoms with E-state index in [1.165, 1.54) is 5.56 Å². The van der Waals surface area contributed by atoms with E-state index in [-0.39, 0.29) is 5.91 Å². The average molecular weight is 324 g/mol. The molecule has 5 nitrogen and oxygen atoms in total. The van der Waals surface area contributed by atoms with Crippen molar-refractivity contribution in [3.8, 4) is 0 Å². The number of nitrogens with one attached hydrogen (secondary N) is 1. The third kappa shape index (κ3) is 3.92. The molecule has 0 spiro atoms. The van der Waals surface area contributed by atoms with E-state index >= 15 is 0 Å². The summed E-state index contributed by atoms with van der Waals surface area (Å²) in [7, 11) is 2.12. The molecule has 24 heavy (non-hydrogen) atoms. The monoisotopic (exact) mass is 324 g/mol. The molecular weight excluding hydrogens is 300 g/mol. The Hall–Kier alpha value is -2.40. The second-order valence-corrected chi connectivity index (χ2v) is 6.33. The Labute approximate surface area is 143 Å². The van der Waals surface area contributed by atoms with Crippen LogP contribution in [0.15, 0.2) is 42.6 Å². The van der Waals surface area contributed by atoms with Crippen LogP contribution in [0.2, 0.25) is 0 Å². The zero-order valence-electron chi connectivity index (χ0n) is 14.3. The first-order valence-corrected chi connectivity index (χ1v) is 8.36. The van der Waals surface area contributed by atoms with E-state index in [0.29, 0.717) is 12.1 Å². The van der Waals surface area contributed by atoms with E-state index in [4.69, 9.17) is 0 Å². The number of piperazine rings is 1. The lowest BCUT2D eigenvalue weighted by molar-refractivity contribution is 0.0951. The molecule has 0 aliphatic carbocycles. The van der Waals surface area contributed by atoms with Crippen molar-refractivity contribution in [2.75, 3.05) is 38.1 Å². The van der Waals surface area contributed by atoms with Gasteiger partial charge in [0.15, 0.2) is 0 Å². The number of rotatable bonds is 4. The molecule has 1 N–H and O–H groups in total. The topological polar surface area (TPSA) is 48.5 Å². The minimum Gasteiger partial charge on any atom is -0.353 e. The molecule has 1 aliphatic rings. The molecule has 0 atom stereocenters.